The molecule has 5 nitrogen and oxygen atoms in total. The minimum Gasteiger partial charge on any atom is -0.497 e. The third-order valence-electron chi connectivity index (χ3n) is 4.12. The summed E-state index contributed by atoms with van der Waals surface area (Å²) in [5.41, 5.74) is 0.207. The van der Waals surface area contributed by atoms with Crippen molar-refractivity contribution in [2.45, 2.75) is 38.1 Å². The van der Waals surface area contributed by atoms with Gasteiger partial charge in [0.2, 0.25) is 0 Å². The fraction of sp³-hybridized carbons (Fsp3) is 0.562. The Kier molecular flexibility index (Phi) is 5.07. The number of aliphatic hydroxyl groups is 1. The van der Waals surface area contributed by atoms with E-state index in [1.54, 1.807) is 31.4 Å². The zero-order chi connectivity index (χ0) is 15.3. The number of carbonyl (C=O) groups is 1. The number of anilines is 1. The van der Waals surface area contributed by atoms with Crippen molar-refractivity contribution < 1.29 is 14.6 Å². The molecular formula is C16H24N2O3. The summed E-state index contributed by atoms with van der Waals surface area (Å²) in [6.45, 7) is 2.14. The van der Waals surface area contributed by atoms with Gasteiger partial charge >= 0.3 is 6.03 Å². The number of urea groups is 1. The molecule has 0 spiro atoms. The number of hydrogen-bond donors (Lipinski definition) is 3. The molecule has 0 bridgehead atoms. The average molecular weight is 292 g/mol. The molecule has 3 N–H and O–H groups in total. The van der Waals surface area contributed by atoms with E-state index in [2.05, 4.69) is 17.6 Å². The average Bonchev–Trinajstić information content (AvgIpc) is 2.48. The standard InChI is InChI=1S/C16H24N2O3/c1-12-4-3-9-16(10-12,11-19)18-15(20)17-13-5-7-14(21-2)8-6-13/h5-8,12,19H,3-4,9-11H2,1-2H3,(H2,17,18,20). The molecule has 116 valence electrons. The summed E-state index contributed by atoms with van der Waals surface area (Å²) < 4.78 is 5.08. The lowest BCUT2D eigenvalue weighted by Gasteiger charge is -2.39. The first-order chi connectivity index (χ1) is 10.1. The van der Waals surface area contributed by atoms with Crippen LogP contribution >= 0.6 is 0 Å². The molecule has 1 aromatic carbocycles. The molecule has 5 heteroatoms. The molecular weight excluding hydrogens is 268 g/mol. The van der Waals surface area contributed by atoms with Gasteiger partial charge in [0.1, 0.15) is 5.75 Å². The van der Waals surface area contributed by atoms with Crippen LogP contribution in [-0.2, 0) is 0 Å². The van der Waals surface area contributed by atoms with Crippen LogP contribution < -0.4 is 15.4 Å². The molecule has 2 unspecified atom stereocenters. The third-order valence-corrected chi connectivity index (χ3v) is 4.12. The highest BCUT2D eigenvalue weighted by atomic mass is 16.5. The minimum atomic E-state index is -0.492. The molecule has 1 fully saturated rings. The fourth-order valence-corrected chi connectivity index (χ4v) is 3.03. The molecule has 1 aliphatic carbocycles. The Hall–Kier alpha value is -1.75. The molecule has 2 atom stereocenters. The van der Waals surface area contributed by atoms with Crippen LogP contribution in [0.1, 0.15) is 32.6 Å². The summed E-state index contributed by atoms with van der Waals surface area (Å²) in [7, 11) is 1.60. The highest BCUT2D eigenvalue weighted by Gasteiger charge is 2.35. The predicted octanol–water partition coefficient (Wildman–Crippen LogP) is 2.76. The van der Waals surface area contributed by atoms with Gasteiger partial charge < -0.3 is 20.5 Å². The molecule has 0 saturated heterocycles. The van der Waals surface area contributed by atoms with Gasteiger partial charge in [0.25, 0.3) is 0 Å². The molecule has 21 heavy (non-hydrogen) atoms. The van der Waals surface area contributed by atoms with Crippen molar-refractivity contribution >= 4 is 11.7 Å². The minimum absolute atomic E-state index is 0.0205. The molecule has 1 aliphatic rings. The van der Waals surface area contributed by atoms with Crippen LogP contribution in [0.25, 0.3) is 0 Å². The maximum Gasteiger partial charge on any atom is 0.319 e. The summed E-state index contributed by atoms with van der Waals surface area (Å²) >= 11 is 0. The second-order valence-electron chi connectivity index (χ2n) is 5.95. The predicted molar refractivity (Wildman–Crippen MR) is 82.6 cm³/mol. The molecule has 1 aromatic rings. The Balaban J connectivity index is 1.95. The Morgan fingerprint density at radius 3 is 2.71 bits per heavy atom. The highest BCUT2D eigenvalue weighted by Crippen LogP contribution is 2.32. The number of amides is 2. The van der Waals surface area contributed by atoms with Crippen LogP contribution in [0.15, 0.2) is 24.3 Å². The van der Waals surface area contributed by atoms with E-state index in [9.17, 15) is 9.90 Å². The lowest BCUT2D eigenvalue weighted by molar-refractivity contribution is 0.108. The quantitative estimate of drug-likeness (QED) is 0.799. The Labute approximate surface area is 125 Å². The van der Waals surface area contributed by atoms with E-state index in [0.29, 0.717) is 11.6 Å². The van der Waals surface area contributed by atoms with E-state index < -0.39 is 5.54 Å². The summed E-state index contributed by atoms with van der Waals surface area (Å²) in [4.78, 5) is 12.1. The summed E-state index contributed by atoms with van der Waals surface area (Å²) in [6, 6.07) is 6.88. The van der Waals surface area contributed by atoms with Crippen molar-refractivity contribution in [3.8, 4) is 5.75 Å². The lowest BCUT2D eigenvalue weighted by Crippen LogP contribution is -2.55. The number of hydrogen-bond acceptors (Lipinski definition) is 3. The second-order valence-corrected chi connectivity index (χ2v) is 5.95. The number of carbonyl (C=O) groups excluding carboxylic acids is 1. The van der Waals surface area contributed by atoms with Crippen molar-refractivity contribution in [3.05, 3.63) is 24.3 Å². The van der Waals surface area contributed by atoms with Crippen molar-refractivity contribution in [2.75, 3.05) is 19.0 Å². The van der Waals surface area contributed by atoms with E-state index in [1.807, 2.05) is 0 Å². The molecule has 2 amide bonds. The normalized spacial score (nSPS) is 25.2. The number of nitrogens with one attached hydrogen (secondary N) is 2. The van der Waals surface area contributed by atoms with Gasteiger partial charge in [-0.25, -0.2) is 4.79 Å². The fourth-order valence-electron chi connectivity index (χ4n) is 3.03. The molecule has 0 aromatic heterocycles. The van der Waals surface area contributed by atoms with Gasteiger partial charge in [0.05, 0.1) is 19.3 Å². The van der Waals surface area contributed by atoms with Crippen molar-refractivity contribution in [3.63, 3.8) is 0 Å². The van der Waals surface area contributed by atoms with Crippen LogP contribution in [0.4, 0.5) is 10.5 Å². The van der Waals surface area contributed by atoms with Gasteiger partial charge in [-0.3, -0.25) is 0 Å². The van der Waals surface area contributed by atoms with Gasteiger partial charge in [-0.2, -0.15) is 0 Å². The topological polar surface area (TPSA) is 70.6 Å². The summed E-state index contributed by atoms with van der Waals surface area (Å²) in [6.07, 6.45) is 3.83. The van der Waals surface area contributed by atoms with Crippen molar-refractivity contribution in [1.29, 1.82) is 0 Å². The van der Waals surface area contributed by atoms with E-state index in [0.717, 1.165) is 31.4 Å². The van der Waals surface area contributed by atoms with Gasteiger partial charge in [0.15, 0.2) is 0 Å². The molecule has 0 radical (unpaired) electrons. The first-order valence-corrected chi connectivity index (χ1v) is 7.41. The number of methoxy groups -OCH3 is 1. The van der Waals surface area contributed by atoms with E-state index in [4.69, 9.17) is 4.74 Å². The number of ether oxygens (including phenoxy) is 1. The first-order valence-electron chi connectivity index (χ1n) is 7.41. The largest absolute Gasteiger partial charge is 0.497 e. The SMILES string of the molecule is COc1ccc(NC(=O)NC2(CO)CCCC(C)C2)cc1. The molecule has 1 saturated carbocycles. The Morgan fingerprint density at radius 2 is 2.14 bits per heavy atom. The van der Waals surface area contributed by atoms with Crippen molar-refractivity contribution in [2.24, 2.45) is 5.92 Å². The lowest BCUT2D eigenvalue weighted by atomic mass is 9.77. The second kappa shape index (κ2) is 6.80. The number of benzene rings is 1. The molecule has 0 heterocycles. The summed E-state index contributed by atoms with van der Waals surface area (Å²) in [5.74, 6) is 1.26. The zero-order valence-corrected chi connectivity index (χ0v) is 12.7. The van der Waals surface area contributed by atoms with Gasteiger partial charge in [0, 0.05) is 5.69 Å². The highest BCUT2D eigenvalue weighted by molar-refractivity contribution is 5.89. The van der Waals surface area contributed by atoms with Crippen LogP contribution in [0.2, 0.25) is 0 Å². The van der Waals surface area contributed by atoms with Gasteiger partial charge in [-0.05, 0) is 43.0 Å². The molecule has 2 rings (SSSR count). The molecule has 0 aliphatic heterocycles. The zero-order valence-electron chi connectivity index (χ0n) is 12.7. The van der Waals surface area contributed by atoms with Crippen LogP contribution in [-0.4, -0.2) is 30.4 Å². The maximum atomic E-state index is 12.1. The van der Waals surface area contributed by atoms with Crippen LogP contribution in [0.3, 0.4) is 0 Å². The monoisotopic (exact) mass is 292 g/mol. The van der Waals surface area contributed by atoms with E-state index >= 15 is 0 Å². The van der Waals surface area contributed by atoms with Crippen LogP contribution in [0.5, 0.6) is 5.75 Å². The van der Waals surface area contributed by atoms with Crippen molar-refractivity contribution in [1.82, 2.24) is 5.32 Å². The van der Waals surface area contributed by atoms with Crippen LogP contribution in [0, 0.1) is 5.92 Å². The van der Waals surface area contributed by atoms with E-state index in [1.165, 1.54) is 0 Å². The maximum absolute atomic E-state index is 12.1. The first kappa shape index (κ1) is 15.6. The van der Waals surface area contributed by atoms with Gasteiger partial charge in [-0.15, -0.1) is 0 Å². The Morgan fingerprint density at radius 1 is 1.43 bits per heavy atom. The summed E-state index contributed by atoms with van der Waals surface area (Å²) in [5, 5.41) is 15.4. The number of aliphatic hydroxyl groups excluding tert-OH is 1. The Bertz CT molecular complexity index is 475. The number of rotatable bonds is 4. The van der Waals surface area contributed by atoms with E-state index in [-0.39, 0.29) is 12.6 Å². The smallest absolute Gasteiger partial charge is 0.319 e. The third kappa shape index (κ3) is 4.11. The van der Waals surface area contributed by atoms with Gasteiger partial charge in [-0.1, -0.05) is 19.8 Å².